The maximum absolute atomic E-state index is 5.34. The van der Waals surface area contributed by atoms with Gasteiger partial charge >= 0.3 is 0 Å². The number of nitrogens with zero attached hydrogens (tertiary/aromatic N) is 2. The summed E-state index contributed by atoms with van der Waals surface area (Å²) in [7, 11) is 0. The lowest BCUT2D eigenvalue weighted by Crippen LogP contribution is -2.30. The molecule has 0 radical (unpaired) electrons. The second-order valence-electron chi connectivity index (χ2n) is 4.99. The van der Waals surface area contributed by atoms with E-state index in [0.717, 1.165) is 18.2 Å². The molecule has 1 heterocycles. The Hall–Kier alpha value is -1.36. The van der Waals surface area contributed by atoms with Crippen LogP contribution in [0.25, 0.3) is 0 Å². The van der Waals surface area contributed by atoms with Gasteiger partial charge in [-0.2, -0.15) is 0 Å². The summed E-state index contributed by atoms with van der Waals surface area (Å²) in [5.41, 5.74) is 2.52. The average Bonchev–Trinajstić information content (AvgIpc) is 2.46. The van der Waals surface area contributed by atoms with Crippen molar-refractivity contribution in [3.8, 4) is 0 Å². The highest BCUT2D eigenvalue weighted by Gasteiger charge is 2.22. The molecule has 1 unspecified atom stereocenters. The second-order valence-corrected chi connectivity index (χ2v) is 4.99. The molecule has 1 atom stereocenters. The van der Waals surface area contributed by atoms with Gasteiger partial charge in [0.15, 0.2) is 5.82 Å². The van der Waals surface area contributed by atoms with Gasteiger partial charge in [0, 0.05) is 6.04 Å². The molecule has 1 aromatic rings. The molecule has 1 saturated carbocycles. The monoisotopic (exact) mass is 249 g/mol. The van der Waals surface area contributed by atoms with Crippen LogP contribution in [0.4, 0.5) is 11.6 Å². The van der Waals surface area contributed by atoms with Gasteiger partial charge in [-0.25, -0.2) is 10.8 Å². The summed E-state index contributed by atoms with van der Waals surface area (Å²) in [5, 5.41) is 3.50. The quantitative estimate of drug-likeness (QED) is 0.552. The van der Waals surface area contributed by atoms with Crippen molar-refractivity contribution in [1.82, 2.24) is 9.97 Å². The third kappa shape index (κ3) is 3.32. The van der Waals surface area contributed by atoms with Crippen LogP contribution in [0.5, 0.6) is 0 Å². The maximum Gasteiger partial charge on any atom is 0.160 e. The topological polar surface area (TPSA) is 75.9 Å². The molecule has 0 amide bonds. The smallest absolute Gasteiger partial charge is 0.160 e. The molecule has 5 heteroatoms. The first kappa shape index (κ1) is 13.1. The van der Waals surface area contributed by atoms with Crippen LogP contribution in [0, 0.1) is 5.92 Å². The van der Waals surface area contributed by atoms with Crippen LogP contribution in [0.1, 0.15) is 45.4 Å². The molecule has 2 rings (SSSR count). The molecule has 0 aliphatic heterocycles. The van der Waals surface area contributed by atoms with E-state index in [2.05, 4.69) is 27.6 Å². The summed E-state index contributed by atoms with van der Waals surface area (Å²) in [4.78, 5) is 8.48. The summed E-state index contributed by atoms with van der Waals surface area (Å²) in [5.74, 6) is 7.51. The van der Waals surface area contributed by atoms with Crippen LogP contribution in [0.3, 0.4) is 0 Å². The first-order valence-corrected chi connectivity index (χ1v) is 6.88. The van der Waals surface area contributed by atoms with Crippen molar-refractivity contribution < 1.29 is 0 Å². The van der Waals surface area contributed by atoms with Crippen LogP contribution < -0.4 is 16.6 Å². The number of hydrogen-bond donors (Lipinski definition) is 3. The number of anilines is 2. The van der Waals surface area contributed by atoms with Gasteiger partial charge in [-0.15, -0.1) is 0 Å². The summed E-state index contributed by atoms with van der Waals surface area (Å²) in [6.45, 7) is 2.23. The number of hydrazine groups is 1. The molecule has 1 aromatic heterocycles. The fourth-order valence-corrected chi connectivity index (χ4v) is 2.78. The van der Waals surface area contributed by atoms with Crippen molar-refractivity contribution in [3.05, 3.63) is 12.4 Å². The Labute approximate surface area is 109 Å². The zero-order valence-corrected chi connectivity index (χ0v) is 11.0. The lowest BCUT2D eigenvalue weighted by Gasteiger charge is -2.30. The van der Waals surface area contributed by atoms with E-state index in [9.17, 15) is 0 Å². The van der Waals surface area contributed by atoms with E-state index in [1.54, 1.807) is 12.4 Å². The van der Waals surface area contributed by atoms with Crippen molar-refractivity contribution >= 4 is 11.6 Å². The standard InChI is InChI=1S/C13H23N5/c1-2-11(10-6-4-3-5-7-10)16-12-8-15-9-13(17-12)18-14/h8-11H,2-7,14H2,1H3,(H2,16,17,18). The summed E-state index contributed by atoms with van der Waals surface area (Å²) < 4.78 is 0. The number of nitrogen functional groups attached to an aromatic ring is 1. The highest BCUT2D eigenvalue weighted by molar-refractivity contribution is 5.41. The maximum atomic E-state index is 5.34. The van der Waals surface area contributed by atoms with E-state index < -0.39 is 0 Å². The number of hydrogen-bond acceptors (Lipinski definition) is 5. The molecule has 18 heavy (non-hydrogen) atoms. The van der Waals surface area contributed by atoms with E-state index in [1.807, 2.05) is 0 Å². The van der Waals surface area contributed by atoms with E-state index in [1.165, 1.54) is 32.1 Å². The lowest BCUT2D eigenvalue weighted by atomic mass is 9.83. The average molecular weight is 249 g/mol. The fraction of sp³-hybridized carbons (Fsp3) is 0.692. The largest absolute Gasteiger partial charge is 0.366 e. The number of nitrogens with two attached hydrogens (primary N) is 1. The van der Waals surface area contributed by atoms with E-state index in [-0.39, 0.29) is 0 Å². The van der Waals surface area contributed by atoms with Crippen LogP contribution in [-0.2, 0) is 0 Å². The van der Waals surface area contributed by atoms with E-state index in [0.29, 0.717) is 11.9 Å². The molecule has 1 aliphatic carbocycles. The molecular weight excluding hydrogens is 226 g/mol. The molecule has 5 nitrogen and oxygen atoms in total. The van der Waals surface area contributed by atoms with Crippen LogP contribution in [0.15, 0.2) is 12.4 Å². The summed E-state index contributed by atoms with van der Waals surface area (Å²) >= 11 is 0. The van der Waals surface area contributed by atoms with Crippen LogP contribution in [-0.4, -0.2) is 16.0 Å². The third-order valence-corrected chi connectivity index (χ3v) is 3.77. The predicted octanol–water partition coefficient (Wildman–Crippen LogP) is 2.53. The van der Waals surface area contributed by atoms with Crippen molar-refractivity contribution in [3.63, 3.8) is 0 Å². The van der Waals surface area contributed by atoms with Gasteiger partial charge in [0.05, 0.1) is 12.4 Å². The van der Waals surface area contributed by atoms with Gasteiger partial charge in [-0.3, -0.25) is 4.98 Å². The SMILES string of the molecule is CCC(Nc1cncc(NN)n1)C1CCCCC1. The van der Waals surface area contributed by atoms with Crippen LogP contribution in [0.2, 0.25) is 0 Å². The highest BCUT2D eigenvalue weighted by Crippen LogP contribution is 2.29. The second kappa shape index (κ2) is 6.54. The Morgan fingerprint density at radius 3 is 2.67 bits per heavy atom. The van der Waals surface area contributed by atoms with Crippen molar-refractivity contribution in [1.29, 1.82) is 0 Å². The van der Waals surface area contributed by atoms with Crippen molar-refractivity contribution in [2.24, 2.45) is 11.8 Å². The zero-order chi connectivity index (χ0) is 12.8. The Morgan fingerprint density at radius 2 is 2.00 bits per heavy atom. The Bertz CT molecular complexity index is 362. The van der Waals surface area contributed by atoms with Crippen molar-refractivity contribution in [2.45, 2.75) is 51.5 Å². The van der Waals surface area contributed by atoms with Gasteiger partial charge in [-0.05, 0) is 25.2 Å². The minimum atomic E-state index is 0.493. The molecular formula is C13H23N5. The molecule has 1 aliphatic rings. The number of nitrogens with one attached hydrogen (secondary N) is 2. The Morgan fingerprint density at radius 1 is 1.28 bits per heavy atom. The predicted molar refractivity (Wildman–Crippen MR) is 74.1 cm³/mol. The third-order valence-electron chi connectivity index (χ3n) is 3.77. The fourth-order valence-electron chi connectivity index (χ4n) is 2.78. The minimum absolute atomic E-state index is 0.493. The van der Waals surface area contributed by atoms with E-state index in [4.69, 9.17) is 5.84 Å². The highest BCUT2D eigenvalue weighted by atomic mass is 15.3. The molecule has 0 bridgehead atoms. The molecule has 1 fully saturated rings. The van der Waals surface area contributed by atoms with Gasteiger partial charge in [0.1, 0.15) is 5.82 Å². The van der Waals surface area contributed by atoms with Gasteiger partial charge in [0.2, 0.25) is 0 Å². The molecule has 0 saturated heterocycles. The Balaban J connectivity index is 1.99. The lowest BCUT2D eigenvalue weighted by molar-refractivity contribution is 0.312. The number of aromatic nitrogens is 2. The first-order valence-electron chi connectivity index (χ1n) is 6.88. The normalized spacial score (nSPS) is 18.3. The molecule has 100 valence electrons. The Kier molecular flexibility index (Phi) is 4.75. The minimum Gasteiger partial charge on any atom is -0.366 e. The van der Waals surface area contributed by atoms with E-state index >= 15 is 0 Å². The molecule has 0 aromatic carbocycles. The van der Waals surface area contributed by atoms with Crippen molar-refractivity contribution in [2.75, 3.05) is 10.7 Å². The first-order chi connectivity index (χ1) is 8.83. The van der Waals surface area contributed by atoms with Gasteiger partial charge in [0.25, 0.3) is 0 Å². The zero-order valence-electron chi connectivity index (χ0n) is 11.0. The number of rotatable bonds is 5. The summed E-state index contributed by atoms with van der Waals surface area (Å²) in [6.07, 6.45) is 11.3. The van der Waals surface area contributed by atoms with Gasteiger partial charge < -0.3 is 10.7 Å². The molecule has 0 spiro atoms. The summed E-state index contributed by atoms with van der Waals surface area (Å²) in [6, 6.07) is 0.493. The molecule has 4 N–H and O–H groups in total. The van der Waals surface area contributed by atoms with Crippen LogP contribution >= 0.6 is 0 Å². The van der Waals surface area contributed by atoms with Gasteiger partial charge in [-0.1, -0.05) is 26.2 Å².